The van der Waals surface area contributed by atoms with Gasteiger partial charge in [-0.3, -0.25) is 0 Å². The van der Waals surface area contributed by atoms with Crippen LogP contribution in [0.5, 0.6) is 0 Å². The molecule has 2 heteroatoms. The van der Waals surface area contributed by atoms with Crippen molar-refractivity contribution in [2.75, 3.05) is 13.2 Å². The molecule has 0 radical (unpaired) electrons. The monoisotopic (exact) mass is 258 g/mol. The first kappa shape index (κ1) is 17.9. The Bertz CT molecular complexity index is 209. The van der Waals surface area contributed by atoms with Crippen LogP contribution in [-0.2, 0) is 4.74 Å². The fraction of sp³-hybridized carbons (Fsp3) is 1.00. The van der Waals surface area contributed by atoms with Gasteiger partial charge < -0.3 is 9.84 Å². The van der Waals surface area contributed by atoms with Gasteiger partial charge in [0.25, 0.3) is 0 Å². The molecule has 0 fully saturated rings. The minimum absolute atomic E-state index is 0.215. The van der Waals surface area contributed by atoms with E-state index in [2.05, 4.69) is 41.5 Å². The van der Waals surface area contributed by atoms with Crippen LogP contribution in [0.4, 0.5) is 0 Å². The highest BCUT2D eigenvalue weighted by Crippen LogP contribution is 2.27. The van der Waals surface area contributed by atoms with E-state index in [0.29, 0.717) is 12.0 Å². The van der Waals surface area contributed by atoms with Crippen LogP contribution in [0.1, 0.15) is 73.6 Å². The van der Waals surface area contributed by atoms with E-state index in [1.807, 2.05) is 0 Å². The molecule has 0 saturated carbocycles. The number of aliphatic hydroxyl groups excluding tert-OH is 1. The van der Waals surface area contributed by atoms with E-state index >= 15 is 0 Å². The molecule has 0 amide bonds. The lowest BCUT2D eigenvalue weighted by molar-refractivity contribution is 0.0100. The molecular weight excluding hydrogens is 224 g/mol. The summed E-state index contributed by atoms with van der Waals surface area (Å²) >= 11 is 0. The molecule has 1 unspecified atom stereocenters. The average Bonchev–Trinajstić information content (AvgIpc) is 2.28. The van der Waals surface area contributed by atoms with E-state index in [1.165, 1.54) is 12.8 Å². The largest absolute Gasteiger partial charge is 0.391 e. The van der Waals surface area contributed by atoms with Gasteiger partial charge in [0, 0.05) is 6.61 Å². The third-order valence-electron chi connectivity index (χ3n) is 4.15. The van der Waals surface area contributed by atoms with Gasteiger partial charge in [-0.15, -0.1) is 0 Å². The van der Waals surface area contributed by atoms with E-state index in [9.17, 15) is 5.11 Å². The smallest absolute Gasteiger partial charge is 0.0778 e. The highest BCUT2D eigenvalue weighted by molar-refractivity contribution is 4.71. The number of hydrogen-bond donors (Lipinski definition) is 1. The van der Waals surface area contributed by atoms with E-state index in [4.69, 9.17) is 4.74 Å². The van der Waals surface area contributed by atoms with Gasteiger partial charge in [-0.2, -0.15) is 0 Å². The number of aliphatic hydroxyl groups is 1. The van der Waals surface area contributed by atoms with Crippen LogP contribution >= 0.6 is 0 Å². The fourth-order valence-corrected chi connectivity index (χ4v) is 1.89. The van der Waals surface area contributed by atoms with Crippen molar-refractivity contribution in [1.29, 1.82) is 0 Å². The Morgan fingerprint density at radius 1 is 1.00 bits per heavy atom. The zero-order valence-electron chi connectivity index (χ0n) is 13.4. The van der Waals surface area contributed by atoms with Crippen molar-refractivity contribution in [3.05, 3.63) is 0 Å². The second-order valence-electron chi connectivity index (χ2n) is 7.07. The lowest BCUT2D eigenvalue weighted by Crippen LogP contribution is -2.24. The molecule has 1 N–H and O–H groups in total. The number of ether oxygens (including phenoxy) is 1. The van der Waals surface area contributed by atoms with Crippen molar-refractivity contribution in [2.24, 2.45) is 10.8 Å². The van der Waals surface area contributed by atoms with Crippen molar-refractivity contribution in [3.63, 3.8) is 0 Å². The molecular formula is C16H34O2. The third kappa shape index (κ3) is 8.93. The lowest BCUT2D eigenvalue weighted by atomic mass is 9.84. The van der Waals surface area contributed by atoms with Crippen LogP contribution in [-0.4, -0.2) is 24.4 Å². The van der Waals surface area contributed by atoms with Crippen molar-refractivity contribution >= 4 is 0 Å². The van der Waals surface area contributed by atoms with Crippen LogP contribution in [0, 0.1) is 10.8 Å². The molecule has 0 spiro atoms. The van der Waals surface area contributed by atoms with Gasteiger partial charge >= 0.3 is 0 Å². The Hall–Kier alpha value is -0.0800. The maximum absolute atomic E-state index is 9.90. The molecule has 110 valence electrons. The Morgan fingerprint density at radius 3 is 2.06 bits per heavy atom. The molecule has 0 aliphatic heterocycles. The molecule has 0 aromatic carbocycles. The molecule has 0 aromatic rings. The molecule has 2 nitrogen and oxygen atoms in total. The van der Waals surface area contributed by atoms with Crippen LogP contribution < -0.4 is 0 Å². The van der Waals surface area contributed by atoms with Crippen LogP contribution in [0.25, 0.3) is 0 Å². The topological polar surface area (TPSA) is 29.5 Å². The van der Waals surface area contributed by atoms with Crippen molar-refractivity contribution < 1.29 is 9.84 Å². The molecule has 0 aliphatic carbocycles. The SMILES string of the molecule is CCC(C)(C)CCCOCC(O)CC(C)(C)CC. The Morgan fingerprint density at radius 2 is 1.56 bits per heavy atom. The van der Waals surface area contributed by atoms with Crippen LogP contribution in [0.15, 0.2) is 0 Å². The van der Waals surface area contributed by atoms with Gasteiger partial charge in [-0.1, -0.05) is 54.4 Å². The number of rotatable bonds is 10. The molecule has 0 heterocycles. The van der Waals surface area contributed by atoms with Crippen molar-refractivity contribution in [2.45, 2.75) is 79.8 Å². The maximum Gasteiger partial charge on any atom is 0.0778 e. The maximum atomic E-state index is 9.90. The summed E-state index contributed by atoms with van der Waals surface area (Å²) in [5.74, 6) is 0. The van der Waals surface area contributed by atoms with Gasteiger partial charge in [-0.05, 0) is 30.1 Å². The zero-order chi connectivity index (χ0) is 14.2. The average molecular weight is 258 g/mol. The second-order valence-corrected chi connectivity index (χ2v) is 7.07. The summed E-state index contributed by atoms with van der Waals surface area (Å²) in [6.45, 7) is 14.6. The van der Waals surface area contributed by atoms with Gasteiger partial charge in [-0.25, -0.2) is 0 Å². The second kappa shape index (κ2) is 8.16. The summed E-state index contributed by atoms with van der Waals surface area (Å²) < 4.78 is 5.58. The highest BCUT2D eigenvalue weighted by atomic mass is 16.5. The van der Waals surface area contributed by atoms with E-state index in [-0.39, 0.29) is 11.5 Å². The normalized spacial score (nSPS) is 14.8. The minimum Gasteiger partial charge on any atom is -0.391 e. The first-order chi connectivity index (χ1) is 8.22. The predicted octanol–water partition coefficient (Wildman–Crippen LogP) is 4.41. The fourth-order valence-electron chi connectivity index (χ4n) is 1.89. The summed E-state index contributed by atoms with van der Waals surface area (Å²) in [6, 6.07) is 0. The Kier molecular flexibility index (Phi) is 8.13. The Balaban J connectivity index is 3.61. The van der Waals surface area contributed by atoms with E-state index < -0.39 is 0 Å². The summed E-state index contributed by atoms with van der Waals surface area (Å²) in [6.07, 6.45) is 5.09. The van der Waals surface area contributed by atoms with Gasteiger partial charge in [0.15, 0.2) is 0 Å². The molecule has 0 bridgehead atoms. The first-order valence-corrected chi connectivity index (χ1v) is 7.48. The molecule has 0 saturated heterocycles. The molecule has 18 heavy (non-hydrogen) atoms. The standard InChI is InChI=1S/C16H34O2/c1-7-15(3,4)10-9-11-18-13-14(17)12-16(5,6)8-2/h14,17H,7-13H2,1-6H3. The van der Waals surface area contributed by atoms with Crippen molar-refractivity contribution in [1.82, 2.24) is 0 Å². The van der Waals surface area contributed by atoms with Gasteiger partial charge in [0.2, 0.25) is 0 Å². The summed E-state index contributed by atoms with van der Waals surface area (Å²) in [5.41, 5.74) is 0.638. The summed E-state index contributed by atoms with van der Waals surface area (Å²) in [5, 5.41) is 9.90. The van der Waals surface area contributed by atoms with E-state index in [1.54, 1.807) is 0 Å². The van der Waals surface area contributed by atoms with Crippen LogP contribution in [0.2, 0.25) is 0 Å². The summed E-state index contributed by atoms with van der Waals surface area (Å²) in [7, 11) is 0. The minimum atomic E-state index is -0.320. The van der Waals surface area contributed by atoms with E-state index in [0.717, 1.165) is 25.9 Å². The molecule has 0 aliphatic rings. The first-order valence-electron chi connectivity index (χ1n) is 7.48. The highest BCUT2D eigenvalue weighted by Gasteiger charge is 2.20. The summed E-state index contributed by atoms with van der Waals surface area (Å²) in [4.78, 5) is 0. The Labute approximate surface area is 114 Å². The molecule has 0 rings (SSSR count). The predicted molar refractivity (Wildman–Crippen MR) is 78.8 cm³/mol. The lowest BCUT2D eigenvalue weighted by Gasteiger charge is -2.26. The quantitative estimate of drug-likeness (QED) is 0.588. The third-order valence-corrected chi connectivity index (χ3v) is 4.15. The van der Waals surface area contributed by atoms with Crippen molar-refractivity contribution in [3.8, 4) is 0 Å². The molecule has 1 atom stereocenters. The molecule has 0 aromatic heterocycles. The zero-order valence-corrected chi connectivity index (χ0v) is 13.4. The number of hydrogen-bond acceptors (Lipinski definition) is 2. The van der Waals surface area contributed by atoms with Crippen LogP contribution in [0.3, 0.4) is 0 Å². The van der Waals surface area contributed by atoms with Gasteiger partial charge in [0.1, 0.15) is 0 Å². The van der Waals surface area contributed by atoms with Gasteiger partial charge in [0.05, 0.1) is 12.7 Å².